The lowest BCUT2D eigenvalue weighted by Crippen LogP contribution is -2.35. The molecular formula is C14H23N5O. The minimum absolute atomic E-state index is 0.0590. The van der Waals surface area contributed by atoms with Gasteiger partial charge in [0.1, 0.15) is 0 Å². The van der Waals surface area contributed by atoms with Gasteiger partial charge in [-0.25, -0.2) is 0 Å². The Hall–Kier alpha value is -1.53. The average Bonchev–Trinajstić information content (AvgIpc) is 2.73. The molecule has 6 nitrogen and oxygen atoms in total. The molecular weight excluding hydrogens is 254 g/mol. The minimum atomic E-state index is 0.0590. The summed E-state index contributed by atoms with van der Waals surface area (Å²) in [7, 11) is 0. The highest BCUT2D eigenvalue weighted by Gasteiger charge is 2.20. The van der Waals surface area contributed by atoms with Crippen LogP contribution in [0.4, 0.5) is 0 Å². The number of hydrogen-bond donors (Lipinski definition) is 1. The number of nitrogens with two attached hydrogens (primary N) is 1. The summed E-state index contributed by atoms with van der Waals surface area (Å²) in [5.41, 5.74) is 6.14. The van der Waals surface area contributed by atoms with Crippen LogP contribution in [0, 0.1) is 0 Å². The maximum Gasteiger partial charge on any atom is 0.255 e. The van der Waals surface area contributed by atoms with E-state index in [9.17, 15) is 4.79 Å². The van der Waals surface area contributed by atoms with Crippen LogP contribution in [0.3, 0.4) is 0 Å². The molecule has 0 atom stereocenters. The first-order valence-electron chi connectivity index (χ1n) is 7.29. The molecule has 1 aromatic heterocycles. The molecule has 0 aliphatic carbocycles. The van der Waals surface area contributed by atoms with Gasteiger partial charge in [0.05, 0.1) is 18.0 Å². The van der Waals surface area contributed by atoms with Crippen molar-refractivity contribution in [1.29, 1.82) is 0 Å². The van der Waals surface area contributed by atoms with E-state index in [-0.39, 0.29) is 5.91 Å². The summed E-state index contributed by atoms with van der Waals surface area (Å²) >= 11 is 0. The molecule has 0 spiro atoms. The molecule has 2 heterocycles. The van der Waals surface area contributed by atoms with Crippen LogP contribution in [0.1, 0.15) is 29.6 Å². The Morgan fingerprint density at radius 2 is 2.10 bits per heavy atom. The van der Waals surface area contributed by atoms with Crippen molar-refractivity contribution in [3.8, 4) is 0 Å². The first-order valence-corrected chi connectivity index (χ1v) is 7.29. The van der Waals surface area contributed by atoms with Crippen LogP contribution in [0.25, 0.3) is 0 Å². The van der Waals surface area contributed by atoms with Gasteiger partial charge < -0.3 is 15.5 Å². The molecule has 0 bridgehead atoms. The number of amides is 1. The summed E-state index contributed by atoms with van der Waals surface area (Å²) in [4.78, 5) is 16.7. The van der Waals surface area contributed by atoms with Crippen molar-refractivity contribution in [3.05, 3.63) is 24.0 Å². The van der Waals surface area contributed by atoms with Crippen LogP contribution in [0.2, 0.25) is 0 Å². The van der Waals surface area contributed by atoms with Gasteiger partial charge in [0, 0.05) is 19.6 Å². The van der Waals surface area contributed by atoms with E-state index in [2.05, 4.69) is 15.1 Å². The first-order chi connectivity index (χ1) is 9.81. The maximum atomic E-state index is 12.3. The number of hydrogen-bond acceptors (Lipinski definition) is 5. The SMILES string of the molecule is NCCCCN1CCCN(C(=O)c2ccnnc2)CC1. The fourth-order valence-corrected chi connectivity index (χ4v) is 2.48. The summed E-state index contributed by atoms with van der Waals surface area (Å²) in [6.07, 6.45) is 6.32. The smallest absolute Gasteiger partial charge is 0.255 e. The Bertz CT molecular complexity index is 411. The standard InChI is InChI=1S/C14H23N5O/c15-5-1-2-7-18-8-3-9-19(11-10-18)14(20)13-4-6-16-17-12-13/h4,6,12H,1-3,5,7-11,15H2. The third kappa shape index (κ3) is 4.25. The van der Waals surface area contributed by atoms with Crippen LogP contribution in [0.15, 0.2) is 18.5 Å². The zero-order valence-electron chi connectivity index (χ0n) is 11.9. The summed E-state index contributed by atoms with van der Waals surface area (Å²) < 4.78 is 0. The lowest BCUT2D eigenvalue weighted by Gasteiger charge is -2.21. The van der Waals surface area contributed by atoms with Crippen LogP contribution in [-0.2, 0) is 0 Å². The normalized spacial score (nSPS) is 16.9. The average molecular weight is 277 g/mol. The predicted molar refractivity (Wildman–Crippen MR) is 77.3 cm³/mol. The monoisotopic (exact) mass is 277 g/mol. The topological polar surface area (TPSA) is 75.3 Å². The van der Waals surface area contributed by atoms with E-state index in [0.717, 1.165) is 58.5 Å². The lowest BCUT2D eigenvalue weighted by atomic mass is 10.2. The van der Waals surface area contributed by atoms with E-state index in [1.54, 1.807) is 12.3 Å². The van der Waals surface area contributed by atoms with Gasteiger partial charge in [-0.3, -0.25) is 4.79 Å². The lowest BCUT2D eigenvalue weighted by molar-refractivity contribution is 0.0760. The number of carbonyl (C=O) groups excluding carboxylic acids is 1. The highest BCUT2D eigenvalue weighted by molar-refractivity contribution is 5.93. The van der Waals surface area contributed by atoms with Gasteiger partial charge in [-0.1, -0.05) is 0 Å². The van der Waals surface area contributed by atoms with Crippen LogP contribution in [-0.4, -0.2) is 65.2 Å². The number of rotatable bonds is 5. The third-order valence-corrected chi connectivity index (χ3v) is 3.64. The second-order valence-corrected chi connectivity index (χ2v) is 5.11. The molecule has 0 radical (unpaired) electrons. The number of aromatic nitrogens is 2. The Morgan fingerprint density at radius 3 is 2.85 bits per heavy atom. The first kappa shape index (κ1) is 14.9. The summed E-state index contributed by atoms with van der Waals surface area (Å²) in [6, 6.07) is 1.72. The Kier molecular flexibility index (Phi) is 5.88. The van der Waals surface area contributed by atoms with E-state index in [1.165, 1.54) is 6.20 Å². The maximum absolute atomic E-state index is 12.3. The zero-order valence-corrected chi connectivity index (χ0v) is 11.9. The van der Waals surface area contributed by atoms with Crippen LogP contribution < -0.4 is 5.73 Å². The van der Waals surface area contributed by atoms with Gasteiger partial charge in [-0.05, 0) is 45.0 Å². The van der Waals surface area contributed by atoms with E-state index in [0.29, 0.717) is 5.56 Å². The molecule has 20 heavy (non-hydrogen) atoms. The third-order valence-electron chi connectivity index (χ3n) is 3.64. The van der Waals surface area contributed by atoms with Gasteiger partial charge >= 0.3 is 0 Å². The molecule has 2 N–H and O–H groups in total. The fourth-order valence-electron chi connectivity index (χ4n) is 2.48. The zero-order chi connectivity index (χ0) is 14.2. The van der Waals surface area contributed by atoms with Crippen molar-refractivity contribution in [2.24, 2.45) is 5.73 Å². The van der Waals surface area contributed by atoms with Gasteiger partial charge in [0.15, 0.2) is 0 Å². The van der Waals surface area contributed by atoms with Crippen LogP contribution >= 0.6 is 0 Å². The highest BCUT2D eigenvalue weighted by Crippen LogP contribution is 2.08. The highest BCUT2D eigenvalue weighted by atomic mass is 16.2. The molecule has 1 aromatic rings. The molecule has 0 aromatic carbocycles. The van der Waals surface area contributed by atoms with Gasteiger partial charge in [0.25, 0.3) is 5.91 Å². The van der Waals surface area contributed by atoms with Crippen molar-refractivity contribution >= 4 is 5.91 Å². The molecule has 1 fully saturated rings. The van der Waals surface area contributed by atoms with Crippen molar-refractivity contribution in [2.45, 2.75) is 19.3 Å². The molecule has 1 saturated heterocycles. The number of nitrogens with zero attached hydrogens (tertiary/aromatic N) is 4. The summed E-state index contributed by atoms with van der Waals surface area (Å²) in [5, 5.41) is 7.48. The Balaban J connectivity index is 1.85. The molecule has 6 heteroatoms. The molecule has 1 aliphatic heterocycles. The molecule has 1 amide bonds. The summed E-state index contributed by atoms with van der Waals surface area (Å²) in [6.45, 7) is 5.43. The second-order valence-electron chi connectivity index (χ2n) is 5.11. The molecule has 2 rings (SSSR count). The molecule has 1 aliphatic rings. The van der Waals surface area contributed by atoms with E-state index in [1.807, 2.05) is 4.90 Å². The fraction of sp³-hybridized carbons (Fsp3) is 0.643. The number of carbonyl (C=O) groups is 1. The minimum Gasteiger partial charge on any atom is -0.337 e. The van der Waals surface area contributed by atoms with Crippen molar-refractivity contribution in [3.63, 3.8) is 0 Å². The number of unbranched alkanes of at least 4 members (excludes halogenated alkanes) is 1. The predicted octanol–water partition coefficient (Wildman–Crippen LogP) is 0.363. The van der Waals surface area contributed by atoms with E-state index >= 15 is 0 Å². The molecule has 0 saturated carbocycles. The van der Waals surface area contributed by atoms with Gasteiger partial charge in [-0.2, -0.15) is 10.2 Å². The van der Waals surface area contributed by atoms with Crippen molar-refractivity contribution in [1.82, 2.24) is 20.0 Å². The van der Waals surface area contributed by atoms with Crippen molar-refractivity contribution < 1.29 is 4.79 Å². The van der Waals surface area contributed by atoms with Gasteiger partial charge in [0.2, 0.25) is 0 Å². The van der Waals surface area contributed by atoms with Gasteiger partial charge in [-0.15, -0.1) is 0 Å². The second kappa shape index (κ2) is 7.91. The Morgan fingerprint density at radius 1 is 1.20 bits per heavy atom. The molecule has 0 unspecified atom stereocenters. The Labute approximate surface area is 120 Å². The van der Waals surface area contributed by atoms with Crippen molar-refractivity contribution in [2.75, 3.05) is 39.3 Å². The van der Waals surface area contributed by atoms with E-state index in [4.69, 9.17) is 5.73 Å². The quantitative estimate of drug-likeness (QED) is 0.787. The summed E-state index contributed by atoms with van der Waals surface area (Å²) in [5.74, 6) is 0.0590. The van der Waals surface area contributed by atoms with Crippen LogP contribution in [0.5, 0.6) is 0 Å². The van der Waals surface area contributed by atoms with E-state index < -0.39 is 0 Å². The molecule has 110 valence electrons. The largest absolute Gasteiger partial charge is 0.337 e.